The Labute approximate surface area is 182 Å². The third-order valence-corrected chi connectivity index (χ3v) is 7.56. The van der Waals surface area contributed by atoms with Crippen molar-refractivity contribution in [2.45, 2.75) is 78.7 Å². The fourth-order valence-corrected chi connectivity index (χ4v) is 4.95. The van der Waals surface area contributed by atoms with E-state index in [9.17, 15) is 9.90 Å². The average molecular weight is 419 g/mol. The van der Waals surface area contributed by atoms with Crippen molar-refractivity contribution in [2.75, 3.05) is 26.4 Å². The number of carbonyl (C=O) groups excluding carboxylic acids is 1. The third kappa shape index (κ3) is 5.17. The zero-order valence-corrected chi connectivity index (χ0v) is 19.6. The van der Waals surface area contributed by atoms with E-state index >= 15 is 0 Å². The molecular weight excluding hydrogens is 376 g/mol. The standard InChI is InChI=1S/C25H42N2O3/c1-6-18-13-19-7-8-20(19)22(14-21(18)24(2,3)16-28)27-23(29)25(4,5)26-15-17-9-11-30-12-10-17/h14,17,19-20,26,28H,6-13,15-16H2,1-5H3,(H,27,29). The van der Waals surface area contributed by atoms with Gasteiger partial charge in [-0.25, -0.2) is 0 Å². The number of rotatable bonds is 8. The van der Waals surface area contributed by atoms with Gasteiger partial charge in [-0.3, -0.25) is 4.79 Å². The molecule has 0 spiro atoms. The summed E-state index contributed by atoms with van der Waals surface area (Å²) in [4.78, 5) is 13.3. The van der Waals surface area contributed by atoms with Crippen LogP contribution in [0.3, 0.4) is 0 Å². The number of hydrogen-bond donors (Lipinski definition) is 3. The molecule has 0 aromatic rings. The maximum Gasteiger partial charge on any atom is 0.243 e. The minimum Gasteiger partial charge on any atom is -0.395 e. The Bertz CT molecular complexity index is 687. The fraction of sp³-hybridized carbons (Fsp3) is 0.800. The molecule has 0 aromatic heterocycles. The van der Waals surface area contributed by atoms with E-state index in [0.29, 0.717) is 17.8 Å². The van der Waals surface area contributed by atoms with Crippen LogP contribution in [0.1, 0.15) is 73.1 Å². The maximum absolute atomic E-state index is 13.3. The molecule has 1 heterocycles. The molecule has 1 saturated heterocycles. The molecule has 2 atom stereocenters. The van der Waals surface area contributed by atoms with Gasteiger partial charge in [0.1, 0.15) is 0 Å². The number of carbonyl (C=O) groups is 1. The number of aliphatic hydroxyl groups excluding tert-OH is 1. The molecule has 0 radical (unpaired) electrons. The first-order valence-electron chi connectivity index (χ1n) is 11.9. The Hall–Kier alpha value is -1.17. The molecule has 0 aromatic carbocycles. The Morgan fingerprint density at radius 1 is 1.17 bits per heavy atom. The SMILES string of the molecule is CCC1=C(C(C)(C)CO)C=C(NC(=O)C(C)(C)NCC2CCOCC2)C2CCC2C1. The number of ether oxygens (including phenoxy) is 1. The van der Waals surface area contributed by atoms with E-state index in [1.54, 1.807) is 0 Å². The fourth-order valence-electron chi connectivity index (χ4n) is 4.95. The first kappa shape index (κ1) is 23.5. The van der Waals surface area contributed by atoms with E-state index in [1.807, 2.05) is 13.8 Å². The van der Waals surface area contributed by atoms with Crippen molar-refractivity contribution in [3.05, 3.63) is 22.9 Å². The van der Waals surface area contributed by atoms with Crippen LogP contribution in [-0.4, -0.2) is 42.9 Å². The predicted octanol–water partition coefficient (Wildman–Crippen LogP) is 3.94. The zero-order valence-electron chi connectivity index (χ0n) is 19.6. The van der Waals surface area contributed by atoms with Crippen molar-refractivity contribution in [3.8, 4) is 0 Å². The lowest BCUT2D eigenvalue weighted by Crippen LogP contribution is -2.54. The van der Waals surface area contributed by atoms with Crippen LogP contribution in [0.5, 0.6) is 0 Å². The van der Waals surface area contributed by atoms with E-state index in [2.05, 4.69) is 37.5 Å². The summed E-state index contributed by atoms with van der Waals surface area (Å²) in [7, 11) is 0. The third-order valence-electron chi connectivity index (χ3n) is 7.56. The topological polar surface area (TPSA) is 70.6 Å². The Morgan fingerprint density at radius 2 is 1.87 bits per heavy atom. The summed E-state index contributed by atoms with van der Waals surface area (Å²) in [6.07, 6.45) is 8.76. The lowest BCUT2D eigenvalue weighted by molar-refractivity contribution is -0.126. The van der Waals surface area contributed by atoms with Gasteiger partial charge in [-0.2, -0.15) is 0 Å². The Morgan fingerprint density at radius 3 is 2.43 bits per heavy atom. The molecule has 1 amide bonds. The lowest BCUT2D eigenvalue weighted by atomic mass is 9.69. The highest BCUT2D eigenvalue weighted by atomic mass is 16.5. The number of nitrogens with one attached hydrogen (secondary N) is 2. The quantitative estimate of drug-likeness (QED) is 0.558. The van der Waals surface area contributed by atoms with Crippen molar-refractivity contribution in [3.63, 3.8) is 0 Å². The molecule has 5 heteroatoms. The molecule has 1 saturated carbocycles. The van der Waals surface area contributed by atoms with Gasteiger partial charge in [0.05, 0.1) is 12.1 Å². The lowest BCUT2D eigenvalue weighted by Gasteiger charge is -2.39. The summed E-state index contributed by atoms with van der Waals surface area (Å²) in [5.41, 5.74) is 2.77. The molecule has 5 nitrogen and oxygen atoms in total. The molecule has 30 heavy (non-hydrogen) atoms. The number of allylic oxidation sites excluding steroid dienone is 3. The highest BCUT2D eigenvalue weighted by Crippen LogP contribution is 2.48. The number of amides is 1. The molecule has 2 fully saturated rings. The summed E-state index contributed by atoms with van der Waals surface area (Å²) < 4.78 is 5.45. The second kappa shape index (κ2) is 9.54. The molecule has 170 valence electrons. The van der Waals surface area contributed by atoms with Gasteiger partial charge in [-0.05, 0) is 82.4 Å². The minimum atomic E-state index is -0.630. The van der Waals surface area contributed by atoms with Crippen molar-refractivity contribution >= 4 is 5.91 Å². The van der Waals surface area contributed by atoms with E-state index in [4.69, 9.17) is 4.74 Å². The Balaban J connectivity index is 1.75. The van der Waals surface area contributed by atoms with E-state index in [1.165, 1.54) is 17.6 Å². The van der Waals surface area contributed by atoms with Crippen LogP contribution in [0, 0.1) is 23.2 Å². The van der Waals surface area contributed by atoms with Crippen LogP contribution >= 0.6 is 0 Å². The monoisotopic (exact) mass is 418 g/mol. The van der Waals surface area contributed by atoms with Crippen molar-refractivity contribution < 1.29 is 14.6 Å². The molecule has 2 unspecified atom stereocenters. The molecular formula is C25H42N2O3. The normalized spacial score (nSPS) is 25.9. The zero-order chi connectivity index (χ0) is 21.9. The van der Waals surface area contributed by atoms with Gasteiger partial charge in [0.25, 0.3) is 0 Å². The molecule has 1 aliphatic heterocycles. The van der Waals surface area contributed by atoms with Gasteiger partial charge >= 0.3 is 0 Å². The molecule has 3 N–H and O–H groups in total. The predicted molar refractivity (Wildman–Crippen MR) is 121 cm³/mol. The van der Waals surface area contributed by atoms with Crippen LogP contribution in [-0.2, 0) is 9.53 Å². The minimum absolute atomic E-state index is 0.0348. The van der Waals surface area contributed by atoms with Crippen LogP contribution in [0.4, 0.5) is 0 Å². The highest BCUT2D eigenvalue weighted by Gasteiger charge is 2.40. The molecule has 3 aliphatic rings. The van der Waals surface area contributed by atoms with Crippen LogP contribution in [0.2, 0.25) is 0 Å². The summed E-state index contributed by atoms with van der Waals surface area (Å²) in [5, 5.41) is 16.8. The largest absolute Gasteiger partial charge is 0.395 e. The van der Waals surface area contributed by atoms with E-state index < -0.39 is 5.54 Å². The number of aliphatic hydroxyl groups is 1. The van der Waals surface area contributed by atoms with E-state index in [-0.39, 0.29) is 17.9 Å². The summed E-state index contributed by atoms with van der Waals surface area (Å²) in [5.74, 6) is 1.64. The maximum atomic E-state index is 13.3. The van der Waals surface area contributed by atoms with Crippen molar-refractivity contribution in [2.24, 2.45) is 23.2 Å². The van der Waals surface area contributed by atoms with Crippen molar-refractivity contribution in [1.82, 2.24) is 10.6 Å². The highest BCUT2D eigenvalue weighted by molar-refractivity contribution is 5.87. The second-order valence-corrected chi connectivity index (χ2v) is 10.7. The molecule has 0 bridgehead atoms. The Kier molecular flexibility index (Phi) is 7.47. The van der Waals surface area contributed by atoms with Gasteiger partial charge < -0.3 is 20.5 Å². The second-order valence-electron chi connectivity index (χ2n) is 10.7. The van der Waals surface area contributed by atoms with Gasteiger partial charge in [0.15, 0.2) is 0 Å². The van der Waals surface area contributed by atoms with Crippen LogP contribution in [0.15, 0.2) is 22.9 Å². The molecule has 3 rings (SSSR count). The summed E-state index contributed by atoms with van der Waals surface area (Å²) >= 11 is 0. The number of hydrogen-bond acceptors (Lipinski definition) is 4. The first-order chi connectivity index (χ1) is 14.2. The van der Waals surface area contributed by atoms with Crippen LogP contribution < -0.4 is 10.6 Å². The van der Waals surface area contributed by atoms with Gasteiger partial charge in [-0.15, -0.1) is 0 Å². The summed E-state index contributed by atoms with van der Waals surface area (Å²) in [6, 6.07) is 0. The first-order valence-corrected chi connectivity index (χ1v) is 11.9. The van der Waals surface area contributed by atoms with E-state index in [0.717, 1.165) is 57.6 Å². The van der Waals surface area contributed by atoms with Crippen LogP contribution in [0.25, 0.3) is 0 Å². The summed E-state index contributed by atoms with van der Waals surface area (Å²) in [6.45, 7) is 13.0. The van der Waals surface area contributed by atoms with Crippen molar-refractivity contribution in [1.29, 1.82) is 0 Å². The van der Waals surface area contributed by atoms with Gasteiger partial charge in [0.2, 0.25) is 5.91 Å². The average Bonchev–Trinajstić information content (AvgIpc) is 2.81. The molecule has 2 aliphatic carbocycles. The van der Waals surface area contributed by atoms with Gasteiger partial charge in [-0.1, -0.05) is 26.3 Å². The number of fused-ring (bicyclic) bond motifs is 1. The smallest absolute Gasteiger partial charge is 0.243 e. The van der Waals surface area contributed by atoms with Gasteiger partial charge in [0, 0.05) is 30.2 Å².